The van der Waals surface area contributed by atoms with Crippen LogP contribution in [0.25, 0.3) is 0 Å². The van der Waals surface area contributed by atoms with Gasteiger partial charge in [-0.2, -0.15) is 0 Å². The first-order valence-electron chi connectivity index (χ1n) is 9.19. The molecule has 2 heterocycles. The summed E-state index contributed by atoms with van der Waals surface area (Å²) in [5.41, 5.74) is 0.957. The monoisotopic (exact) mass is 531 g/mol. The maximum absolute atomic E-state index is 14.4. The van der Waals surface area contributed by atoms with E-state index in [2.05, 4.69) is 16.0 Å². The quantitative estimate of drug-likeness (QED) is 0.444. The summed E-state index contributed by atoms with van der Waals surface area (Å²) < 4.78 is 15.1. The van der Waals surface area contributed by atoms with Crippen molar-refractivity contribution in [2.75, 3.05) is 18.4 Å². The average Bonchev–Trinajstić information content (AvgIpc) is 2.92. The second-order valence-corrected chi connectivity index (χ2v) is 10.2. The van der Waals surface area contributed by atoms with Crippen LogP contribution in [0.5, 0.6) is 0 Å². The number of aliphatic hydroxyl groups is 1. The van der Waals surface area contributed by atoms with Gasteiger partial charge in [-0.15, -0.1) is 11.3 Å². The number of aliphatic hydroxyl groups excluding tert-OH is 1. The van der Waals surface area contributed by atoms with Crippen LogP contribution in [0.15, 0.2) is 18.2 Å². The van der Waals surface area contributed by atoms with Crippen LogP contribution in [0.2, 0.25) is 0 Å². The van der Waals surface area contributed by atoms with E-state index in [1.54, 1.807) is 19.1 Å². The maximum Gasteiger partial charge on any atom is 0.261 e. The highest BCUT2D eigenvalue weighted by atomic mass is 127. The molecular weight excluding hydrogens is 508 g/mol. The van der Waals surface area contributed by atoms with Crippen LogP contribution in [0, 0.1) is 14.8 Å². The van der Waals surface area contributed by atoms with Gasteiger partial charge in [0.15, 0.2) is 0 Å². The van der Waals surface area contributed by atoms with Gasteiger partial charge in [-0.1, -0.05) is 13.8 Å². The third kappa shape index (κ3) is 5.07. The fourth-order valence-electron chi connectivity index (χ4n) is 3.13. The van der Waals surface area contributed by atoms with Crippen molar-refractivity contribution in [2.24, 2.45) is 5.41 Å². The van der Waals surface area contributed by atoms with Crippen molar-refractivity contribution in [2.45, 2.75) is 33.3 Å². The lowest BCUT2D eigenvalue weighted by atomic mass is 9.85. The Bertz CT molecular complexity index is 959. The van der Waals surface area contributed by atoms with Gasteiger partial charge in [-0.05, 0) is 65.1 Å². The molecule has 1 aliphatic rings. The van der Waals surface area contributed by atoms with Gasteiger partial charge in [0.2, 0.25) is 0 Å². The van der Waals surface area contributed by atoms with Crippen molar-refractivity contribution >= 4 is 56.4 Å². The first-order chi connectivity index (χ1) is 13.6. The highest BCUT2D eigenvalue weighted by Gasteiger charge is 2.34. The molecule has 1 aromatic carbocycles. The van der Waals surface area contributed by atoms with E-state index in [1.165, 1.54) is 6.07 Å². The SMILES string of the molecule is CC(O)CNC(=O)c1c(Nc2ccc(I)cc2F)sc2c1CC(C)(C)CNC2=O. The number of halogens is 2. The lowest BCUT2D eigenvalue weighted by Crippen LogP contribution is -2.32. The molecule has 0 bridgehead atoms. The van der Waals surface area contributed by atoms with Gasteiger partial charge in [-0.25, -0.2) is 4.39 Å². The fraction of sp³-hybridized carbons (Fsp3) is 0.400. The minimum Gasteiger partial charge on any atom is -0.392 e. The number of carbonyl (C=O) groups excluding carboxylic acids is 2. The van der Waals surface area contributed by atoms with E-state index in [1.807, 2.05) is 36.4 Å². The number of rotatable bonds is 5. The molecule has 4 N–H and O–H groups in total. The van der Waals surface area contributed by atoms with Crippen molar-refractivity contribution < 1.29 is 19.1 Å². The van der Waals surface area contributed by atoms with E-state index in [0.717, 1.165) is 14.9 Å². The highest BCUT2D eigenvalue weighted by Crippen LogP contribution is 2.40. The summed E-state index contributed by atoms with van der Waals surface area (Å²) >= 11 is 3.16. The molecule has 3 rings (SSSR count). The molecule has 0 saturated heterocycles. The van der Waals surface area contributed by atoms with Gasteiger partial charge in [0.1, 0.15) is 10.8 Å². The number of hydrogen-bond acceptors (Lipinski definition) is 5. The summed E-state index contributed by atoms with van der Waals surface area (Å²) in [5, 5.41) is 18.5. The third-order valence-corrected chi connectivity index (χ3v) is 6.38. The minimum absolute atomic E-state index is 0.0797. The zero-order valence-corrected chi connectivity index (χ0v) is 19.3. The molecule has 1 aliphatic heterocycles. The Hall–Kier alpha value is -1.72. The fourth-order valence-corrected chi connectivity index (χ4v) is 4.73. The average molecular weight is 531 g/mol. The second kappa shape index (κ2) is 8.57. The van der Waals surface area contributed by atoms with Crippen molar-refractivity contribution in [3.8, 4) is 0 Å². The molecule has 156 valence electrons. The number of hydrogen-bond donors (Lipinski definition) is 4. The van der Waals surface area contributed by atoms with Crippen LogP contribution < -0.4 is 16.0 Å². The van der Waals surface area contributed by atoms with E-state index in [4.69, 9.17) is 0 Å². The Balaban J connectivity index is 2.08. The lowest BCUT2D eigenvalue weighted by molar-refractivity contribution is 0.0923. The summed E-state index contributed by atoms with van der Waals surface area (Å²) in [7, 11) is 0. The van der Waals surface area contributed by atoms with Crippen LogP contribution in [0.4, 0.5) is 15.1 Å². The predicted molar refractivity (Wildman–Crippen MR) is 121 cm³/mol. The largest absolute Gasteiger partial charge is 0.392 e. The molecular formula is C20H23FIN3O3S. The number of anilines is 2. The number of fused-ring (bicyclic) bond motifs is 1. The normalized spacial score (nSPS) is 16.4. The van der Waals surface area contributed by atoms with Gasteiger partial charge in [0.25, 0.3) is 11.8 Å². The number of thiophene rings is 1. The van der Waals surface area contributed by atoms with E-state index in [9.17, 15) is 19.1 Å². The highest BCUT2D eigenvalue weighted by molar-refractivity contribution is 14.1. The van der Waals surface area contributed by atoms with Crippen LogP contribution in [0.3, 0.4) is 0 Å². The third-order valence-electron chi connectivity index (χ3n) is 4.56. The van der Waals surface area contributed by atoms with E-state index >= 15 is 0 Å². The molecule has 0 spiro atoms. The number of amides is 2. The maximum atomic E-state index is 14.4. The van der Waals surface area contributed by atoms with Crippen molar-refractivity contribution in [3.63, 3.8) is 0 Å². The van der Waals surface area contributed by atoms with E-state index < -0.39 is 17.8 Å². The Morgan fingerprint density at radius 3 is 2.83 bits per heavy atom. The summed E-state index contributed by atoms with van der Waals surface area (Å²) in [6, 6.07) is 4.75. The number of nitrogens with one attached hydrogen (secondary N) is 3. The molecule has 0 saturated carbocycles. The Morgan fingerprint density at radius 2 is 2.17 bits per heavy atom. The van der Waals surface area contributed by atoms with Crippen molar-refractivity contribution in [1.29, 1.82) is 0 Å². The van der Waals surface area contributed by atoms with E-state index in [-0.39, 0.29) is 23.6 Å². The predicted octanol–water partition coefficient (Wildman–Crippen LogP) is 3.66. The van der Waals surface area contributed by atoms with Gasteiger partial charge in [-0.3, -0.25) is 9.59 Å². The van der Waals surface area contributed by atoms with Crippen LogP contribution in [-0.4, -0.2) is 36.1 Å². The molecule has 29 heavy (non-hydrogen) atoms. The summed E-state index contributed by atoms with van der Waals surface area (Å²) in [6.45, 7) is 6.19. The van der Waals surface area contributed by atoms with E-state index in [0.29, 0.717) is 34.0 Å². The molecule has 1 aromatic heterocycles. The Labute approximate surface area is 186 Å². The van der Waals surface area contributed by atoms with Gasteiger partial charge >= 0.3 is 0 Å². The molecule has 6 nitrogen and oxygen atoms in total. The summed E-state index contributed by atoms with van der Waals surface area (Å²) in [4.78, 5) is 26.1. The van der Waals surface area contributed by atoms with Crippen molar-refractivity contribution in [3.05, 3.63) is 43.6 Å². The first-order valence-corrected chi connectivity index (χ1v) is 11.1. The smallest absolute Gasteiger partial charge is 0.261 e. The molecule has 1 unspecified atom stereocenters. The van der Waals surface area contributed by atoms with Crippen LogP contribution >= 0.6 is 33.9 Å². The molecule has 0 radical (unpaired) electrons. The van der Waals surface area contributed by atoms with Crippen LogP contribution in [0.1, 0.15) is 46.4 Å². The molecule has 2 amide bonds. The molecule has 1 atom stereocenters. The molecule has 2 aromatic rings. The molecule has 0 fully saturated rings. The standard InChI is InChI=1S/C20H23FIN3O3S/c1-10(26)8-23-17(27)15-12-7-20(2,3)9-24-18(28)16(12)29-19(15)25-14-5-4-11(22)6-13(14)21/h4-6,10,25-26H,7-9H2,1-3H3,(H,23,27)(H,24,28). The van der Waals surface area contributed by atoms with Gasteiger partial charge < -0.3 is 21.1 Å². The zero-order valence-electron chi connectivity index (χ0n) is 16.4. The second-order valence-electron chi connectivity index (χ2n) is 7.95. The molecule has 9 heteroatoms. The Kier molecular flexibility index (Phi) is 6.49. The summed E-state index contributed by atoms with van der Waals surface area (Å²) in [5.74, 6) is -1.08. The number of carbonyl (C=O) groups is 2. The minimum atomic E-state index is -0.707. The first kappa shape index (κ1) is 22.0. The lowest BCUT2D eigenvalue weighted by Gasteiger charge is -2.22. The van der Waals surface area contributed by atoms with Crippen molar-refractivity contribution in [1.82, 2.24) is 10.6 Å². The number of benzene rings is 1. The topological polar surface area (TPSA) is 90.5 Å². The summed E-state index contributed by atoms with van der Waals surface area (Å²) in [6.07, 6.45) is -0.188. The van der Waals surface area contributed by atoms with Gasteiger partial charge in [0.05, 0.1) is 22.2 Å². The van der Waals surface area contributed by atoms with Gasteiger partial charge in [0, 0.05) is 16.7 Å². The zero-order chi connectivity index (χ0) is 21.3. The Morgan fingerprint density at radius 1 is 1.45 bits per heavy atom. The molecule has 0 aliphatic carbocycles. The van der Waals surface area contributed by atoms with Crippen LogP contribution in [-0.2, 0) is 6.42 Å².